The van der Waals surface area contributed by atoms with Crippen molar-refractivity contribution in [2.75, 3.05) is 0 Å². The van der Waals surface area contributed by atoms with Crippen molar-refractivity contribution in [1.29, 1.82) is 0 Å². The lowest BCUT2D eigenvalue weighted by atomic mass is 9.77. The van der Waals surface area contributed by atoms with Crippen molar-refractivity contribution in [3.05, 3.63) is 203 Å². The molecule has 0 unspecified atom stereocenters. The summed E-state index contributed by atoms with van der Waals surface area (Å²) in [6.45, 7) is 4.26. The molecule has 0 aliphatic rings. The van der Waals surface area contributed by atoms with Crippen molar-refractivity contribution >= 4 is 12.0 Å². The van der Waals surface area contributed by atoms with Crippen LogP contribution >= 0.6 is 0 Å². The third kappa shape index (κ3) is 6.75. The quantitative estimate of drug-likeness (QED) is 0.0936. The zero-order valence-electron chi connectivity index (χ0n) is 31.3. The van der Waals surface area contributed by atoms with Crippen LogP contribution in [-0.2, 0) is 23.3 Å². The minimum Gasteiger partial charge on any atom is -0.478 e. The number of carboxylic acids is 1. The summed E-state index contributed by atoms with van der Waals surface area (Å²) in [6.07, 6.45) is 7.24. The maximum atomic E-state index is 11.9. The Hall–Kier alpha value is -7.13. The molecule has 0 aliphatic heterocycles. The standard InChI is InChI=1S/C47H41N7O2/c1-3-17-43-48-45(52-30-15-16-31-52)42(32-34(2)46(55)56)53(43)33-35-26-28-36(29-27-35)40-24-13-14-25-41(40)44-49-51-54(50-44)47(37-18-7-4-8-19-37,38-20-9-5-10-21-38)39-22-11-6-12-23-39/h4-16,18-32H,3,17,33H2,1-2H3,(H,55,56)/b34-32+. The highest BCUT2D eigenvalue weighted by Gasteiger charge is 2.41. The average molecular weight is 736 g/mol. The Bertz CT molecular complexity index is 2490. The highest BCUT2D eigenvalue weighted by atomic mass is 16.4. The average Bonchev–Trinajstić information content (AvgIpc) is 4.03. The number of aryl methyl sites for hydroxylation is 1. The number of aliphatic carboxylic acids is 1. The SMILES string of the molecule is CCCc1nc(-n2cccc2)c(/C=C(\C)C(=O)O)n1Cc1ccc(-c2ccccc2-c2nnn(C(c3ccccc3)(c3ccccc3)c3ccccc3)n2)cc1. The maximum absolute atomic E-state index is 11.9. The van der Waals surface area contributed by atoms with Gasteiger partial charge in [-0.1, -0.05) is 146 Å². The van der Waals surface area contributed by atoms with Gasteiger partial charge in [0.25, 0.3) is 0 Å². The van der Waals surface area contributed by atoms with Crippen molar-refractivity contribution in [1.82, 2.24) is 34.3 Å². The molecule has 0 fully saturated rings. The zero-order chi connectivity index (χ0) is 38.5. The molecule has 0 amide bonds. The van der Waals surface area contributed by atoms with Crippen LogP contribution in [0.3, 0.4) is 0 Å². The summed E-state index contributed by atoms with van der Waals surface area (Å²) in [5.74, 6) is 1.17. The third-order valence-corrected chi connectivity index (χ3v) is 10.1. The number of benzene rings is 5. The van der Waals surface area contributed by atoms with Gasteiger partial charge in [-0.05, 0) is 70.1 Å². The number of imidazole rings is 1. The minimum absolute atomic E-state index is 0.244. The molecule has 9 nitrogen and oxygen atoms in total. The molecule has 9 heteroatoms. The molecule has 0 bridgehead atoms. The second-order valence-electron chi connectivity index (χ2n) is 13.7. The van der Waals surface area contributed by atoms with Gasteiger partial charge < -0.3 is 14.2 Å². The van der Waals surface area contributed by atoms with Crippen LogP contribution in [0.4, 0.5) is 0 Å². The summed E-state index contributed by atoms with van der Waals surface area (Å²) in [6, 6.07) is 51.4. The van der Waals surface area contributed by atoms with E-state index in [9.17, 15) is 9.90 Å². The van der Waals surface area contributed by atoms with Crippen LogP contribution in [0.1, 0.15) is 54.0 Å². The van der Waals surface area contributed by atoms with Crippen molar-refractivity contribution < 1.29 is 9.90 Å². The number of hydrogen-bond acceptors (Lipinski definition) is 5. The van der Waals surface area contributed by atoms with Gasteiger partial charge in [0.05, 0.1) is 5.69 Å². The van der Waals surface area contributed by atoms with Gasteiger partial charge in [0, 0.05) is 36.5 Å². The molecule has 8 aromatic rings. The predicted octanol–water partition coefficient (Wildman–Crippen LogP) is 9.32. The van der Waals surface area contributed by atoms with Gasteiger partial charge in [-0.3, -0.25) is 0 Å². The molecule has 8 rings (SSSR count). The number of tetrazole rings is 1. The predicted molar refractivity (Wildman–Crippen MR) is 219 cm³/mol. The number of carbonyl (C=O) groups is 1. The van der Waals surface area contributed by atoms with E-state index in [1.807, 2.05) is 102 Å². The monoisotopic (exact) mass is 735 g/mol. The molecule has 1 N–H and O–H groups in total. The highest BCUT2D eigenvalue weighted by molar-refractivity contribution is 5.91. The summed E-state index contributed by atoms with van der Waals surface area (Å²) < 4.78 is 4.07. The first-order chi connectivity index (χ1) is 27.5. The molecule has 0 saturated heterocycles. The van der Waals surface area contributed by atoms with Gasteiger partial charge in [0.15, 0.2) is 11.4 Å². The number of carboxylic acid groups (broad SMARTS) is 1. The Morgan fingerprint density at radius 2 is 1.27 bits per heavy atom. The molecule has 0 atom stereocenters. The topological polar surface area (TPSA) is 104 Å². The third-order valence-electron chi connectivity index (χ3n) is 10.1. The van der Waals surface area contributed by atoms with Crippen molar-refractivity contribution in [2.45, 2.75) is 38.8 Å². The zero-order valence-corrected chi connectivity index (χ0v) is 31.3. The Labute approximate surface area is 325 Å². The Morgan fingerprint density at radius 1 is 0.714 bits per heavy atom. The first-order valence-corrected chi connectivity index (χ1v) is 18.8. The molecule has 276 valence electrons. The van der Waals surface area contributed by atoms with Crippen LogP contribution in [0.2, 0.25) is 0 Å². The van der Waals surface area contributed by atoms with E-state index in [0.29, 0.717) is 18.2 Å². The van der Waals surface area contributed by atoms with E-state index < -0.39 is 11.5 Å². The van der Waals surface area contributed by atoms with Gasteiger partial charge in [-0.15, -0.1) is 15.0 Å². The number of nitrogens with zero attached hydrogens (tertiary/aromatic N) is 7. The lowest BCUT2D eigenvalue weighted by Gasteiger charge is -2.34. The van der Waals surface area contributed by atoms with Gasteiger partial charge in [0.1, 0.15) is 5.82 Å². The summed E-state index contributed by atoms with van der Waals surface area (Å²) in [7, 11) is 0. The van der Waals surface area contributed by atoms with E-state index in [-0.39, 0.29) is 5.57 Å². The van der Waals surface area contributed by atoms with Crippen molar-refractivity contribution in [3.8, 4) is 28.3 Å². The van der Waals surface area contributed by atoms with Crippen LogP contribution in [0.15, 0.2) is 170 Å². The number of aromatic nitrogens is 7. The van der Waals surface area contributed by atoms with E-state index in [1.54, 1.807) is 17.8 Å². The van der Waals surface area contributed by atoms with Gasteiger partial charge >= 0.3 is 5.97 Å². The van der Waals surface area contributed by atoms with Crippen LogP contribution in [-0.4, -0.2) is 45.4 Å². The van der Waals surface area contributed by atoms with E-state index in [1.165, 1.54) is 0 Å². The van der Waals surface area contributed by atoms with E-state index in [2.05, 4.69) is 78.2 Å². The van der Waals surface area contributed by atoms with Crippen molar-refractivity contribution in [3.63, 3.8) is 0 Å². The first-order valence-electron chi connectivity index (χ1n) is 18.8. The van der Waals surface area contributed by atoms with Crippen LogP contribution in [0.25, 0.3) is 34.4 Å². The largest absolute Gasteiger partial charge is 0.478 e. The fourth-order valence-electron chi connectivity index (χ4n) is 7.42. The molecule has 0 aliphatic carbocycles. The summed E-state index contributed by atoms with van der Waals surface area (Å²) in [4.78, 5) is 18.7. The van der Waals surface area contributed by atoms with Crippen LogP contribution < -0.4 is 0 Å². The molecule has 0 spiro atoms. The molecule has 0 radical (unpaired) electrons. The first kappa shape index (κ1) is 35.9. The Balaban J connectivity index is 1.18. The second-order valence-corrected chi connectivity index (χ2v) is 13.7. The van der Waals surface area contributed by atoms with Gasteiger partial charge in [-0.25, -0.2) is 9.78 Å². The highest BCUT2D eigenvalue weighted by Crippen LogP contribution is 2.40. The Kier molecular flexibility index (Phi) is 10.1. The van der Waals surface area contributed by atoms with Gasteiger partial charge in [0.2, 0.25) is 5.82 Å². The Morgan fingerprint density at radius 3 is 1.82 bits per heavy atom. The van der Waals surface area contributed by atoms with E-state index in [0.717, 1.165) is 63.3 Å². The maximum Gasteiger partial charge on any atom is 0.331 e. The van der Waals surface area contributed by atoms with Crippen LogP contribution in [0.5, 0.6) is 0 Å². The van der Waals surface area contributed by atoms with E-state index >= 15 is 0 Å². The molecule has 3 heterocycles. The summed E-state index contributed by atoms with van der Waals surface area (Å²) >= 11 is 0. The molecule has 0 saturated carbocycles. The lowest BCUT2D eigenvalue weighted by molar-refractivity contribution is -0.132. The molecule has 5 aromatic carbocycles. The molecule has 3 aromatic heterocycles. The number of hydrogen-bond donors (Lipinski definition) is 1. The molecular formula is C47H41N7O2. The van der Waals surface area contributed by atoms with E-state index in [4.69, 9.17) is 20.4 Å². The van der Waals surface area contributed by atoms with Gasteiger partial charge in [-0.2, -0.15) is 0 Å². The summed E-state index contributed by atoms with van der Waals surface area (Å²) in [5, 5.41) is 24.5. The molecular weight excluding hydrogens is 695 g/mol. The van der Waals surface area contributed by atoms with Crippen molar-refractivity contribution in [2.24, 2.45) is 0 Å². The van der Waals surface area contributed by atoms with Crippen LogP contribution in [0, 0.1) is 0 Å². The molecule has 56 heavy (non-hydrogen) atoms. The summed E-state index contributed by atoms with van der Waals surface area (Å²) in [5.41, 5.74) is 7.08. The lowest BCUT2D eigenvalue weighted by Crippen LogP contribution is -2.39. The fraction of sp³-hybridized carbons (Fsp3) is 0.128. The normalized spacial score (nSPS) is 11.9. The second kappa shape index (κ2) is 15.7. The fourth-order valence-corrected chi connectivity index (χ4v) is 7.42. The minimum atomic E-state index is -0.961. The smallest absolute Gasteiger partial charge is 0.331 e. The number of rotatable bonds is 13.